The lowest BCUT2D eigenvalue weighted by Crippen LogP contribution is -2.20. The monoisotopic (exact) mass is 285 g/mol. The van der Waals surface area contributed by atoms with E-state index in [1.807, 2.05) is 6.07 Å². The van der Waals surface area contributed by atoms with Gasteiger partial charge < -0.3 is 5.32 Å². The van der Waals surface area contributed by atoms with Gasteiger partial charge in [-0.2, -0.15) is 10.3 Å². The smallest absolute Gasteiger partial charge is 0.308 e. The summed E-state index contributed by atoms with van der Waals surface area (Å²) >= 11 is 0. The molecule has 0 atom stereocenters. The number of benzene rings is 1. The summed E-state index contributed by atoms with van der Waals surface area (Å²) in [5.41, 5.74) is 2.36. The van der Waals surface area contributed by atoms with Gasteiger partial charge in [-0.25, -0.2) is 4.79 Å². The molecule has 21 heavy (non-hydrogen) atoms. The number of carbonyl (C=O) groups excluding carboxylic acids is 2. The number of urea groups is 1. The van der Waals surface area contributed by atoms with Gasteiger partial charge >= 0.3 is 6.03 Å². The molecule has 2 amide bonds. The normalized spacial score (nSPS) is 14.2. The van der Waals surface area contributed by atoms with Gasteiger partial charge in [0, 0.05) is 17.7 Å². The molecule has 1 aromatic carbocycles. The number of anilines is 2. The molecule has 3 rings (SSSR count). The SMILES string of the molecule is O=C(Nc1ccc2c(c1)C(=O)CCCC2)Nc1cn[nH]n1. The first-order chi connectivity index (χ1) is 10.2. The van der Waals surface area contributed by atoms with Crippen LogP contribution in [-0.2, 0) is 6.42 Å². The summed E-state index contributed by atoms with van der Waals surface area (Å²) in [6.07, 6.45) is 4.83. The maximum atomic E-state index is 12.0. The number of H-pyrrole nitrogens is 1. The number of aryl methyl sites for hydroxylation is 1. The average Bonchev–Trinajstić information content (AvgIpc) is 2.90. The zero-order valence-corrected chi connectivity index (χ0v) is 11.3. The second-order valence-corrected chi connectivity index (χ2v) is 4.94. The van der Waals surface area contributed by atoms with Gasteiger partial charge in [-0.15, -0.1) is 5.10 Å². The van der Waals surface area contributed by atoms with Gasteiger partial charge in [-0.3, -0.25) is 10.1 Å². The van der Waals surface area contributed by atoms with Crippen molar-refractivity contribution in [2.75, 3.05) is 10.6 Å². The number of fused-ring (bicyclic) bond motifs is 1. The highest BCUT2D eigenvalue weighted by atomic mass is 16.2. The quantitative estimate of drug-likeness (QED) is 0.737. The van der Waals surface area contributed by atoms with Crippen LogP contribution in [0, 0.1) is 0 Å². The van der Waals surface area contributed by atoms with E-state index in [1.54, 1.807) is 12.1 Å². The Morgan fingerprint density at radius 2 is 2.05 bits per heavy atom. The molecule has 1 aliphatic carbocycles. The van der Waals surface area contributed by atoms with Crippen LogP contribution in [0.2, 0.25) is 0 Å². The number of nitrogens with one attached hydrogen (secondary N) is 3. The Balaban J connectivity index is 1.74. The molecule has 1 aromatic heterocycles. The Morgan fingerprint density at radius 1 is 1.19 bits per heavy atom. The summed E-state index contributed by atoms with van der Waals surface area (Å²) in [7, 11) is 0. The van der Waals surface area contributed by atoms with E-state index in [2.05, 4.69) is 26.0 Å². The van der Waals surface area contributed by atoms with Crippen LogP contribution in [0.25, 0.3) is 0 Å². The summed E-state index contributed by atoms with van der Waals surface area (Å²) in [5.74, 6) is 0.474. The number of hydrogen-bond donors (Lipinski definition) is 3. The topological polar surface area (TPSA) is 99.8 Å². The van der Waals surface area contributed by atoms with Crippen LogP contribution in [0.15, 0.2) is 24.4 Å². The molecule has 0 bridgehead atoms. The summed E-state index contributed by atoms with van der Waals surface area (Å²) in [6, 6.07) is 5.03. The van der Waals surface area contributed by atoms with Crippen molar-refractivity contribution in [2.45, 2.75) is 25.7 Å². The number of aromatic amines is 1. The molecule has 0 fully saturated rings. The van der Waals surface area contributed by atoms with Crippen LogP contribution in [0.1, 0.15) is 35.2 Å². The standard InChI is InChI=1S/C14H15N5O2/c20-12-4-2-1-3-9-5-6-10(7-11(9)12)16-14(21)17-13-8-15-19-18-13/h5-8H,1-4H2,(H3,15,16,17,18,19,21). The first kappa shape index (κ1) is 13.3. The van der Waals surface area contributed by atoms with E-state index in [1.165, 1.54) is 6.20 Å². The minimum absolute atomic E-state index is 0.142. The number of aromatic nitrogens is 3. The maximum Gasteiger partial charge on any atom is 0.324 e. The van der Waals surface area contributed by atoms with E-state index in [0.29, 0.717) is 23.5 Å². The van der Waals surface area contributed by atoms with Crippen molar-refractivity contribution < 1.29 is 9.59 Å². The minimum atomic E-state index is -0.426. The summed E-state index contributed by atoms with van der Waals surface area (Å²) < 4.78 is 0. The molecule has 1 aliphatic rings. The second-order valence-electron chi connectivity index (χ2n) is 4.94. The molecule has 0 saturated heterocycles. The molecule has 3 N–H and O–H groups in total. The highest BCUT2D eigenvalue weighted by Crippen LogP contribution is 2.23. The van der Waals surface area contributed by atoms with E-state index in [0.717, 1.165) is 24.8 Å². The Hall–Kier alpha value is -2.70. The molecule has 0 spiro atoms. The molecule has 108 valence electrons. The van der Waals surface area contributed by atoms with Gasteiger partial charge in [0.2, 0.25) is 0 Å². The third-order valence-corrected chi connectivity index (χ3v) is 3.42. The number of ketones is 1. The predicted octanol–water partition coefficient (Wildman–Crippen LogP) is 2.36. The van der Waals surface area contributed by atoms with Crippen LogP contribution in [0.5, 0.6) is 0 Å². The van der Waals surface area contributed by atoms with Gasteiger partial charge in [0.15, 0.2) is 11.6 Å². The highest BCUT2D eigenvalue weighted by molar-refractivity contribution is 6.02. The molecule has 7 heteroatoms. The molecule has 0 saturated carbocycles. The van der Waals surface area contributed by atoms with Crippen molar-refractivity contribution in [3.63, 3.8) is 0 Å². The zero-order chi connectivity index (χ0) is 14.7. The summed E-state index contributed by atoms with van der Waals surface area (Å²) in [4.78, 5) is 23.9. The molecular weight excluding hydrogens is 270 g/mol. The third kappa shape index (κ3) is 3.07. The Kier molecular flexibility index (Phi) is 3.63. The number of rotatable bonds is 2. The Morgan fingerprint density at radius 3 is 2.86 bits per heavy atom. The van der Waals surface area contributed by atoms with Crippen molar-refractivity contribution in [3.05, 3.63) is 35.5 Å². The molecule has 0 aliphatic heterocycles. The lowest BCUT2D eigenvalue weighted by atomic mass is 10.0. The lowest BCUT2D eigenvalue weighted by Gasteiger charge is -2.09. The second kappa shape index (κ2) is 5.74. The van der Waals surface area contributed by atoms with Gasteiger partial charge in [0.1, 0.15) is 0 Å². The molecule has 2 aromatic rings. The fourth-order valence-electron chi connectivity index (χ4n) is 2.41. The van der Waals surface area contributed by atoms with E-state index < -0.39 is 6.03 Å². The first-order valence-electron chi connectivity index (χ1n) is 6.82. The number of carbonyl (C=O) groups is 2. The molecule has 1 heterocycles. The maximum absolute atomic E-state index is 12.0. The zero-order valence-electron chi connectivity index (χ0n) is 11.3. The van der Waals surface area contributed by atoms with Crippen LogP contribution < -0.4 is 10.6 Å². The van der Waals surface area contributed by atoms with E-state index >= 15 is 0 Å². The van der Waals surface area contributed by atoms with Gasteiger partial charge in [0.05, 0.1) is 6.20 Å². The van der Waals surface area contributed by atoms with Crippen LogP contribution in [0.4, 0.5) is 16.3 Å². The first-order valence-corrected chi connectivity index (χ1v) is 6.82. The molecule has 0 radical (unpaired) electrons. The third-order valence-electron chi connectivity index (χ3n) is 3.42. The van der Waals surface area contributed by atoms with E-state index in [-0.39, 0.29) is 5.78 Å². The van der Waals surface area contributed by atoms with Crippen molar-refractivity contribution in [2.24, 2.45) is 0 Å². The number of nitrogens with zero attached hydrogens (tertiary/aromatic N) is 2. The van der Waals surface area contributed by atoms with Gasteiger partial charge in [0.25, 0.3) is 0 Å². The highest BCUT2D eigenvalue weighted by Gasteiger charge is 2.16. The van der Waals surface area contributed by atoms with Gasteiger partial charge in [-0.1, -0.05) is 6.07 Å². The predicted molar refractivity (Wildman–Crippen MR) is 77.4 cm³/mol. The Bertz CT molecular complexity index is 666. The Labute approximate surface area is 121 Å². The van der Waals surface area contributed by atoms with Crippen molar-refractivity contribution >= 4 is 23.3 Å². The lowest BCUT2D eigenvalue weighted by molar-refractivity contribution is 0.0982. The van der Waals surface area contributed by atoms with Crippen molar-refractivity contribution in [1.29, 1.82) is 0 Å². The average molecular weight is 285 g/mol. The number of hydrogen-bond acceptors (Lipinski definition) is 4. The van der Waals surface area contributed by atoms with E-state index in [9.17, 15) is 9.59 Å². The fraction of sp³-hybridized carbons (Fsp3) is 0.286. The fourth-order valence-corrected chi connectivity index (χ4v) is 2.41. The molecular formula is C14H15N5O2. The summed E-state index contributed by atoms with van der Waals surface area (Å²) in [5, 5.41) is 15.0. The largest absolute Gasteiger partial charge is 0.324 e. The minimum Gasteiger partial charge on any atom is -0.308 e. The summed E-state index contributed by atoms with van der Waals surface area (Å²) in [6.45, 7) is 0. The molecule has 0 unspecified atom stereocenters. The molecule has 7 nitrogen and oxygen atoms in total. The van der Waals surface area contributed by atoms with Crippen LogP contribution in [0.3, 0.4) is 0 Å². The van der Waals surface area contributed by atoms with Crippen LogP contribution in [-0.4, -0.2) is 27.2 Å². The van der Waals surface area contributed by atoms with Gasteiger partial charge in [-0.05, 0) is 37.0 Å². The number of amides is 2. The van der Waals surface area contributed by atoms with Crippen molar-refractivity contribution in [1.82, 2.24) is 15.4 Å². The van der Waals surface area contributed by atoms with Crippen molar-refractivity contribution in [3.8, 4) is 0 Å². The van der Waals surface area contributed by atoms with Crippen LogP contribution >= 0.6 is 0 Å². The number of Topliss-reactive ketones (excluding diaryl/α,β-unsaturated/α-hetero) is 1. The van der Waals surface area contributed by atoms with E-state index in [4.69, 9.17) is 0 Å².